The van der Waals surface area contributed by atoms with Crippen LogP contribution >= 0.6 is 0 Å². The molecule has 0 fully saturated rings. The van der Waals surface area contributed by atoms with Gasteiger partial charge in [0.05, 0.1) is 18.8 Å². The summed E-state index contributed by atoms with van der Waals surface area (Å²) in [4.78, 5) is 0. The Balaban J connectivity index is 2.78. The summed E-state index contributed by atoms with van der Waals surface area (Å²) in [6.45, 7) is 11.2. The van der Waals surface area contributed by atoms with Gasteiger partial charge in [0.25, 0.3) is 0 Å². The SMILES string of the molecule is CCC(C)OCC(N)c1c(C)cc(C)cc1C. The van der Waals surface area contributed by atoms with Crippen molar-refractivity contribution in [3.05, 3.63) is 34.4 Å². The van der Waals surface area contributed by atoms with E-state index in [2.05, 4.69) is 46.8 Å². The van der Waals surface area contributed by atoms with Crippen molar-refractivity contribution in [3.8, 4) is 0 Å². The van der Waals surface area contributed by atoms with Gasteiger partial charge in [-0.25, -0.2) is 0 Å². The second-order valence-electron chi connectivity index (χ2n) is 4.97. The Morgan fingerprint density at radius 3 is 2.18 bits per heavy atom. The molecule has 0 bridgehead atoms. The Bertz CT molecular complexity index is 350. The summed E-state index contributed by atoms with van der Waals surface area (Å²) in [5.74, 6) is 0. The molecule has 0 amide bonds. The van der Waals surface area contributed by atoms with Crippen LogP contribution in [0.15, 0.2) is 12.1 Å². The zero-order valence-corrected chi connectivity index (χ0v) is 11.7. The van der Waals surface area contributed by atoms with E-state index >= 15 is 0 Å². The molecule has 2 nitrogen and oxygen atoms in total. The van der Waals surface area contributed by atoms with Gasteiger partial charge in [-0.2, -0.15) is 0 Å². The van der Waals surface area contributed by atoms with Gasteiger partial charge in [0.2, 0.25) is 0 Å². The molecule has 0 heterocycles. The molecule has 0 aliphatic rings. The van der Waals surface area contributed by atoms with Gasteiger partial charge in [-0.05, 0) is 50.8 Å². The topological polar surface area (TPSA) is 35.2 Å². The third kappa shape index (κ3) is 3.83. The summed E-state index contributed by atoms with van der Waals surface area (Å²) in [5, 5.41) is 0. The number of nitrogens with two attached hydrogens (primary N) is 1. The van der Waals surface area contributed by atoms with Gasteiger partial charge in [-0.3, -0.25) is 0 Å². The van der Waals surface area contributed by atoms with E-state index in [1.165, 1.54) is 22.3 Å². The second kappa shape index (κ2) is 6.18. The first-order valence-electron chi connectivity index (χ1n) is 6.40. The zero-order chi connectivity index (χ0) is 13.0. The van der Waals surface area contributed by atoms with E-state index in [0.717, 1.165) is 6.42 Å². The van der Waals surface area contributed by atoms with Crippen LogP contribution in [-0.2, 0) is 4.74 Å². The van der Waals surface area contributed by atoms with E-state index in [4.69, 9.17) is 10.5 Å². The van der Waals surface area contributed by atoms with Crippen molar-refractivity contribution < 1.29 is 4.74 Å². The first-order chi connectivity index (χ1) is 7.95. The summed E-state index contributed by atoms with van der Waals surface area (Å²) < 4.78 is 5.72. The molecule has 17 heavy (non-hydrogen) atoms. The molecule has 0 aromatic heterocycles. The molecule has 0 radical (unpaired) electrons. The first kappa shape index (κ1) is 14.2. The van der Waals surface area contributed by atoms with Crippen molar-refractivity contribution in [1.29, 1.82) is 0 Å². The monoisotopic (exact) mass is 235 g/mol. The third-order valence-corrected chi connectivity index (χ3v) is 3.24. The van der Waals surface area contributed by atoms with E-state index in [1.807, 2.05) is 0 Å². The Labute approximate surface area is 105 Å². The molecule has 0 saturated carbocycles. The maximum absolute atomic E-state index is 6.22. The number of hydrogen-bond donors (Lipinski definition) is 1. The molecule has 0 saturated heterocycles. The molecule has 1 aromatic carbocycles. The normalized spacial score (nSPS) is 14.7. The smallest absolute Gasteiger partial charge is 0.0663 e. The lowest BCUT2D eigenvalue weighted by atomic mass is 9.95. The van der Waals surface area contributed by atoms with Crippen molar-refractivity contribution in [3.63, 3.8) is 0 Å². The van der Waals surface area contributed by atoms with Gasteiger partial charge in [-0.1, -0.05) is 24.6 Å². The molecule has 1 rings (SSSR count). The van der Waals surface area contributed by atoms with Gasteiger partial charge in [0.15, 0.2) is 0 Å². The predicted molar refractivity (Wildman–Crippen MR) is 73.3 cm³/mol. The highest BCUT2D eigenvalue weighted by Gasteiger charge is 2.13. The second-order valence-corrected chi connectivity index (χ2v) is 4.97. The summed E-state index contributed by atoms with van der Waals surface area (Å²) >= 11 is 0. The molecule has 0 aliphatic carbocycles. The first-order valence-corrected chi connectivity index (χ1v) is 6.40. The largest absolute Gasteiger partial charge is 0.377 e. The molecule has 2 heteroatoms. The minimum Gasteiger partial charge on any atom is -0.377 e. The standard InChI is InChI=1S/C15H25NO/c1-6-13(5)17-9-14(16)15-11(3)7-10(2)8-12(15)4/h7-8,13-14H,6,9,16H2,1-5H3. The molecule has 96 valence electrons. The van der Waals surface area contributed by atoms with Gasteiger partial charge in [0, 0.05) is 0 Å². The maximum Gasteiger partial charge on any atom is 0.0663 e. The lowest BCUT2D eigenvalue weighted by molar-refractivity contribution is 0.0537. The number of hydrogen-bond acceptors (Lipinski definition) is 2. The van der Waals surface area contributed by atoms with Crippen LogP contribution in [0.1, 0.15) is 48.6 Å². The van der Waals surface area contributed by atoms with Crippen LogP contribution in [0.5, 0.6) is 0 Å². The summed E-state index contributed by atoms with van der Waals surface area (Å²) in [6.07, 6.45) is 1.31. The van der Waals surface area contributed by atoms with Crippen molar-refractivity contribution in [1.82, 2.24) is 0 Å². The lowest BCUT2D eigenvalue weighted by Gasteiger charge is -2.20. The number of benzene rings is 1. The van der Waals surface area contributed by atoms with Gasteiger partial charge in [0.1, 0.15) is 0 Å². The average molecular weight is 235 g/mol. The van der Waals surface area contributed by atoms with Crippen molar-refractivity contribution in [2.45, 2.75) is 53.2 Å². The fraction of sp³-hybridized carbons (Fsp3) is 0.600. The Morgan fingerprint density at radius 2 is 1.71 bits per heavy atom. The molecule has 2 N–H and O–H groups in total. The molecular weight excluding hydrogens is 210 g/mol. The predicted octanol–water partition coefficient (Wildman–Crippen LogP) is 3.43. The summed E-state index contributed by atoms with van der Waals surface area (Å²) in [5.41, 5.74) is 11.3. The minimum absolute atomic E-state index is 0.0235. The van der Waals surface area contributed by atoms with Crippen LogP contribution in [0, 0.1) is 20.8 Å². The van der Waals surface area contributed by atoms with E-state index in [-0.39, 0.29) is 12.1 Å². The van der Waals surface area contributed by atoms with Crippen LogP contribution in [0.2, 0.25) is 0 Å². The van der Waals surface area contributed by atoms with Gasteiger partial charge < -0.3 is 10.5 Å². The highest BCUT2D eigenvalue weighted by molar-refractivity contribution is 5.39. The zero-order valence-electron chi connectivity index (χ0n) is 11.7. The number of ether oxygens (including phenoxy) is 1. The van der Waals surface area contributed by atoms with Crippen molar-refractivity contribution in [2.75, 3.05) is 6.61 Å². The maximum atomic E-state index is 6.22. The third-order valence-electron chi connectivity index (χ3n) is 3.24. The number of aryl methyl sites for hydroxylation is 3. The van der Waals surface area contributed by atoms with Crippen LogP contribution < -0.4 is 5.73 Å². The van der Waals surface area contributed by atoms with Gasteiger partial charge in [-0.15, -0.1) is 0 Å². The minimum atomic E-state index is -0.0235. The van der Waals surface area contributed by atoms with E-state index in [9.17, 15) is 0 Å². The van der Waals surface area contributed by atoms with E-state index in [0.29, 0.717) is 6.61 Å². The van der Waals surface area contributed by atoms with Crippen LogP contribution in [0.3, 0.4) is 0 Å². The average Bonchev–Trinajstić information content (AvgIpc) is 2.24. The summed E-state index contributed by atoms with van der Waals surface area (Å²) in [6, 6.07) is 4.35. The van der Waals surface area contributed by atoms with Crippen molar-refractivity contribution >= 4 is 0 Å². The fourth-order valence-electron chi connectivity index (χ4n) is 2.25. The number of rotatable bonds is 5. The lowest BCUT2D eigenvalue weighted by Crippen LogP contribution is -2.22. The molecule has 0 aliphatic heterocycles. The fourth-order valence-corrected chi connectivity index (χ4v) is 2.25. The molecule has 1 aromatic rings. The Morgan fingerprint density at radius 1 is 1.18 bits per heavy atom. The van der Waals surface area contributed by atoms with Gasteiger partial charge >= 0.3 is 0 Å². The van der Waals surface area contributed by atoms with E-state index in [1.54, 1.807) is 0 Å². The van der Waals surface area contributed by atoms with Crippen LogP contribution in [0.4, 0.5) is 0 Å². The van der Waals surface area contributed by atoms with Crippen LogP contribution in [0.25, 0.3) is 0 Å². The van der Waals surface area contributed by atoms with Crippen molar-refractivity contribution in [2.24, 2.45) is 5.73 Å². The Hall–Kier alpha value is -0.860. The molecule has 0 spiro atoms. The van der Waals surface area contributed by atoms with Crippen LogP contribution in [-0.4, -0.2) is 12.7 Å². The molecule has 2 unspecified atom stereocenters. The highest BCUT2D eigenvalue weighted by Crippen LogP contribution is 2.22. The molecule has 2 atom stereocenters. The van der Waals surface area contributed by atoms with E-state index < -0.39 is 0 Å². The summed E-state index contributed by atoms with van der Waals surface area (Å²) in [7, 11) is 0. The Kier molecular flexibility index (Phi) is 5.16. The quantitative estimate of drug-likeness (QED) is 0.848. The highest BCUT2D eigenvalue weighted by atomic mass is 16.5. The molecular formula is C15H25NO.